The van der Waals surface area contributed by atoms with Crippen LogP contribution in [-0.4, -0.2) is 25.7 Å². The van der Waals surface area contributed by atoms with Gasteiger partial charge in [0.05, 0.1) is 0 Å². The normalized spacial score (nSPS) is 12.5. The molecule has 0 saturated carbocycles. The number of carbonyl (C=O) groups is 1. The van der Waals surface area contributed by atoms with Crippen molar-refractivity contribution in [2.45, 2.75) is 40.0 Å². The highest BCUT2D eigenvalue weighted by molar-refractivity contribution is 5.78. The Morgan fingerprint density at radius 3 is 2.71 bits per heavy atom. The number of rotatable bonds is 8. The summed E-state index contributed by atoms with van der Waals surface area (Å²) in [7, 11) is 0. The topological polar surface area (TPSA) is 38.3 Å². The van der Waals surface area contributed by atoms with Crippen LogP contribution in [0, 0.1) is 5.92 Å². The molecule has 0 radical (unpaired) electrons. The van der Waals surface area contributed by atoms with Gasteiger partial charge < -0.3 is 10.1 Å². The molecule has 1 atom stereocenters. The molecule has 3 nitrogen and oxygen atoms in total. The quantitative estimate of drug-likeness (QED) is 0.610. The molecule has 1 N–H and O–H groups in total. The van der Waals surface area contributed by atoms with E-state index in [1.54, 1.807) is 0 Å². The molecule has 3 heteroatoms. The summed E-state index contributed by atoms with van der Waals surface area (Å²) < 4.78 is 5.17. The monoisotopic (exact) mass is 201 g/mol. The van der Waals surface area contributed by atoms with Gasteiger partial charge in [-0.3, -0.25) is 4.79 Å². The number of hydrogen-bond acceptors (Lipinski definition) is 2. The molecule has 0 aromatic heterocycles. The van der Waals surface area contributed by atoms with Gasteiger partial charge in [-0.05, 0) is 19.8 Å². The third-order valence-corrected chi connectivity index (χ3v) is 2.14. The first kappa shape index (κ1) is 13.4. The second-order valence-corrected chi connectivity index (χ2v) is 3.53. The van der Waals surface area contributed by atoms with E-state index < -0.39 is 0 Å². The van der Waals surface area contributed by atoms with Gasteiger partial charge in [-0.25, -0.2) is 0 Å². The summed E-state index contributed by atoms with van der Waals surface area (Å²) in [4.78, 5) is 11.4. The zero-order valence-electron chi connectivity index (χ0n) is 9.64. The molecule has 0 bridgehead atoms. The molecule has 0 aliphatic carbocycles. The molecule has 0 spiro atoms. The Kier molecular flexibility index (Phi) is 8.64. The number of amides is 1. The van der Waals surface area contributed by atoms with Gasteiger partial charge in [0.15, 0.2) is 0 Å². The van der Waals surface area contributed by atoms with Crippen molar-refractivity contribution >= 4 is 5.91 Å². The van der Waals surface area contributed by atoms with Crippen molar-refractivity contribution in [1.29, 1.82) is 0 Å². The Morgan fingerprint density at radius 2 is 2.14 bits per heavy atom. The maximum absolute atomic E-state index is 11.4. The van der Waals surface area contributed by atoms with Crippen molar-refractivity contribution < 1.29 is 9.53 Å². The van der Waals surface area contributed by atoms with Gasteiger partial charge in [0.2, 0.25) is 5.91 Å². The van der Waals surface area contributed by atoms with Gasteiger partial charge in [-0.2, -0.15) is 0 Å². The van der Waals surface area contributed by atoms with E-state index in [2.05, 4.69) is 12.2 Å². The summed E-state index contributed by atoms with van der Waals surface area (Å²) in [5.41, 5.74) is 0. The number of nitrogens with one attached hydrogen (secondary N) is 1. The summed E-state index contributed by atoms with van der Waals surface area (Å²) in [6.07, 6.45) is 2.93. The predicted molar refractivity (Wildman–Crippen MR) is 58.2 cm³/mol. The summed E-state index contributed by atoms with van der Waals surface area (Å²) in [5, 5.41) is 2.91. The van der Waals surface area contributed by atoms with E-state index in [9.17, 15) is 4.79 Å². The Balaban J connectivity index is 3.34. The van der Waals surface area contributed by atoms with E-state index in [-0.39, 0.29) is 11.8 Å². The number of ether oxygens (including phenoxy) is 1. The second-order valence-electron chi connectivity index (χ2n) is 3.53. The van der Waals surface area contributed by atoms with Crippen LogP contribution in [0.5, 0.6) is 0 Å². The molecule has 0 heterocycles. The van der Waals surface area contributed by atoms with Crippen LogP contribution >= 0.6 is 0 Å². The smallest absolute Gasteiger partial charge is 0.222 e. The predicted octanol–water partition coefficient (Wildman–Crippen LogP) is 1.97. The molecule has 1 amide bonds. The van der Waals surface area contributed by atoms with Gasteiger partial charge in [-0.15, -0.1) is 0 Å². The molecule has 0 rings (SSSR count). The van der Waals surface area contributed by atoms with Gasteiger partial charge >= 0.3 is 0 Å². The maximum atomic E-state index is 11.4. The Bertz CT molecular complexity index is 148. The van der Waals surface area contributed by atoms with E-state index in [0.29, 0.717) is 0 Å². The van der Waals surface area contributed by atoms with Crippen molar-refractivity contribution in [3.8, 4) is 0 Å². The Labute approximate surface area is 87.2 Å². The summed E-state index contributed by atoms with van der Waals surface area (Å²) in [5.74, 6) is 0.315. The molecule has 84 valence electrons. The SMILES string of the molecule is CCC[C@H](C)C(=O)NCCCOCC. The molecule has 0 aliphatic rings. The highest BCUT2D eigenvalue weighted by atomic mass is 16.5. The lowest BCUT2D eigenvalue weighted by Crippen LogP contribution is -2.30. The van der Waals surface area contributed by atoms with Crippen molar-refractivity contribution in [3.63, 3.8) is 0 Å². The van der Waals surface area contributed by atoms with Crippen LogP contribution in [0.4, 0.5) is 0 Å². The average molecular weight is 201 g/mol. The second kappa shape index (κ2) is 9.00. The van der Waals surface area contributed by atoms with Gasteiger partial charge in [0, 0.05) is 25.7 Å². The third-order valence-electron chi connectivity index (χ3n) is 2.14. The molecule has 0 aromatic carbocycles. The lowest BCUT2D eigenvalue weighted by Gasteiger charge is -2.10. The van der Waals surface area contributed by atoms with E-state index in [1.165, 1.54) is 0 Å². The fraction of sp³-hybridized carbons (Fsp3) is 0.909. The average Bonchev–Trinajstić information content (AvgIpc) is 2.17. The Hall–Kier alpha value is -0.570. The highest BCUT2D eigenvalue weighted by Gasteiger charge is 2.09. The van der Waals surface area contributed by atoms with Gasteiger partial charge in [0.1, 0.15) is 0 Å². The zero-order valence-corrected chi connectivity index (χ0v) is 9.64. The van der Waals surface area contributed by atoms with Crippen molar-refractivity contribution in [1.82, 2.24) is 5.32 Å². The molecule has 0 unspecified atom stereocenters. The summed E-state index contributed by atoms with van der Waals surface area (Å²) in [6, 6.07) is 0. The first-order valence-electron chi connectivity index (χ1n) is 5.57. The highest BCUT2D eigenvalue weighted by Crippen LogP contribution is 2.04. The number of hydrogen-bond donors (Lipinski definition) is 1. The van der Waals surface area contributed by atoms with Crippen LogP contribution in [0.1, 0.15) is 40.0 Å². The van der Waals surface area contributed by atoms with E-state index in [0.717, 1.165) is 39.0 Å². The molecule has 0 fully saturated rings. The van der Waals surface area contributed by atoms with Crippen molar-refractivity contribution in [2.75, 3.05) is 19.8 Å². The van der Waals surface area contributed by atoms with Crippen LogP contribution in [0.15, 0.2) is 0 Å². The van der Waals surface area contributed by atoms with Crippen LogP contribution in [0.25, 0.3) is 0 Å². The Morgan fingerprint density at radius 1 is 1.43 bits per heavy atom. The molecule has 14 heavy (non-hydrogen) atoms. The van der Waals surface area contributed by atoms with Gasteiger partial charge in [-0.1, -0.05) is 20.3 Å². The minimum Gasteiger partial charge on any atom is -0.382 e. The van der Waals surface area contributed by atoms with E-state index in [4.69, 9.17) is 4.74 Å². The minimum atomic E-state index is 0.145. The standard InChI is InChI=1S/C11H23NO2/c1-4-7-10(3)11(13)12-8-6-9-14-5-2/h10H,4-9H2,1-3H3,(H,12,13)/t10-/m0/s1. The van der Waals surface area contributed by atoms with Crippen LogP contribution in [0.3, 0.4) is 0 Å². The first-order chi connectivity index (χ1) is 6.72. The molecule has 0 aromatic rings. The largest absolute Gasteiger partial charge is 0.382 e. The van der Waals surface area contributed by atoms with Crippen LogP contribution < -0.4 is 5.32 Å². The zero-order chi connectivity index (χ0) is 10.8. The van der Waals surface area contributed by atoms with Crippen LogP contribution in [-0.2, 0) is 9.53 Å². The fourth-order valence-corrected chi connectivity index (χ4v) is 1.27. The van der Waals surface area contributed by atoms with Gasteiger partial charge in [0.25, 0.3) is 0 Å². The lowest BCUT2D eigenvalue weighted by atomic mass is 10.1. The van der Waals surface area contributed by atoms with E-state index in [1.807, 2.05) is 13.8 Å². The summed E-state index contributed by atoms with van der Waals surface area (Å²) in [6.45, 7) is 8.26. The summed E-state index contributed by atoms with van der Waals surface area (Å²) >= 11 is 0. The first-order valence-corrected chi connectivity index (χ1v) is 5.57. The molecule has 0 aliphatic heterocycles. The van der Waals surface area contributed by atoms with Crippen molar-refractivity contribution in [3.05, 3.63) is 0 Å². The lowest BCUT2D eigenvalue weighted by molar-refractivity contribution is -0.124. The van der Waals surface area contributed by atoms with Crippen molar-refractivity contribution in [2.24, 2.45) is 5.92 Å². The van der Waals surface area contributed by atoms with E-state index >= 15 is 0 Å². The van der Waals surface area contributed by atoms with Crippen LogP contribution in [0.2, 0.25) is 0 Å². The fourth-order valence-electron chi connectivity index (χ4n) is 1.27. The maximum Gasteiger partial charge on any atom is 0.222 e. The molecular weight excluding hydrogens is 178 g/mol. The molecular formula is C11H23NO2. The number of carbonyl (C=O) groups excluding carboxylic acids is 1. The molecule has 0 saturated heterocycles. The minimum absolute atomic E-state index is 0.145. The third kappa shape index (κ3) is 6.89.